The molecule has 134 valence electrons. The lowest BCUT2D eigenvalue weighted by Gasteiger charge is -2.33. The van der Waals surface area contributed by atoms with Crippen LogP contribution < -0.4 is 5.32 Å². The molecule has 0 amide bonds. The lowest BCUT2D eigenvalue weighted by atomic mass is 9.97. The summed E-state index contributed by atoms with van der Waals surface area (Å²) in [6, 6.07) is 4.29. The van der Waals surface area contributed by atoms with Gasteiger partial charge in [0, 0.05) is 31.6 Å². The Kier molecular flexibility index (Phi) is 7.56. The number of nitrogens with one attached hydrogen (secondary N) is 1. The van der Waals surface area contributed by atoms with Gasteiger partial charge in [-0.15, -0.1) is 11.3 Å². The van der Waals surface area contributed by atoms with Crippen molar-refractivity contribution in [1.82, 2.24) is 10.2 Å². The zero-order valence-electron chi connectivity index (χ0n) is 15.0. The molecule has 1 aromatic rings. The Morgan fingerprint density at radius 3 is 2.83 bits per heavy atom. The number of carbonyl (C=O) groups excluding carboxylic acids is 1. The van der Waals surface area contributed by atoms with E-state index in [1.54, 1.807) is 0 Å². The van der Waals surface area contributed by atoms with Crippen LogP contribution in [0.15, 0.2) is 22.5 Å². The summed E-state index contributed by atoms with van der Waals surface area (Å²) in [5, 5.41) is 5.61. The highest BCUT2D eigenvalue weighted by atomic mass is 32.1. The van der Waals surface area contributed by atoms with Gasteiger partial charge in [0.25, 0.3) is 0 Å². The second kappa shape index (κ2) is 9.67. The third kappa shape index (κ3) is 5.51. The van der Waals surface area contributed by atoms with E-state index in [0.29, 0.717) is 12.5 Å². The van der Waals surface area contributed by atoms with Crippen molar-refractivity contribution in [3.8, 4) is 0 Å². The minimum Gasteiger partial charge on any atom is -0.466 e. The number of likely N-dealkylation sites (tertiary alicyclic amines) is 1. The van der Waals surface area contributed by atoms with Crippen LogP contribution in [-0.2, 0) is 16.0 Å². The fourth-order valence-electron chi connectivity index (χ4n) is 3.03. The summed E-state index contributed by atoms with van der Waals surface area (Å²) in [5.41, 5.74) is 0. The zero-order chi connectivity index (χ0) is 17.4. The third-order valence-electron chi connectivity index (χ3n) is 4.36. The van der Waals surface area contributed by atoms with Crippen LogP contribution in [0.4, 0.5) is 0 Å². The van der Waals surface area contributed by atoms with E-state index in [2.05, 4.69) is 39.6 Å². The predicted octanol–water partition coefficient (Wildman–Crippen LogP) is 2.78. The van der Waals surface area contributed by atoms with E-state index in [1.165, 1.54) is 4.88 Å². The lowest BCUT2D eigenvalue weighted by Crippen LogP contribution is -2.47. The molecule has 0 spiro atoms. The number of aliphatic imine (C=N–C) groups is 1. The Hall–Kier alpha value is -1.56. The minimum absolute atomic E-state index is 0.0389. The molecule has 2 rings (SSSR count). The molecule has 1 N–H and O–H groups in total. The van der Waals surface area contributed by atoms with Crippen LogP contribution in [0.25, 0.3) is 0 Å². The first kappa shape index (κ1) is 18.8. The van der Waals surface area contributed by atoms with E-state index in [4.69, 9.17) is 4.74 Å². The van der Waals surface area contributed by atoms with Gasteiger partial charge in [-0.1, -0.05) is 13.0 Å². The largest absolute Gasteiger partial charge is 0.466 e. The predicted molar refractivity (Wildman–Crippen MR) is 99.5 cm³/mol. The summed E-state index contributed by atoms with van der Waals surface area (Å²) in [5.74, 6) is 1.48. The number of carbonyl (C=O) groups is 1. The molecule has 24 heavy (non-hydrogen) atoms. The number of nitrogens with zero attached hydrogens (tertiary/aromatic N) is 2. The SMILES string of the molecule is CCOC(=O)C1CCN(C(=NC)NCC(C)Cc2cccs2)CC1. The Morgan fingerprint density at radius 1 is 1.50 bits per heavy atom. The van der Waals surface area contributed by atoms with Gasteiger partial charge in [-0.3, -0.25) is 9.79 Å². The van der Waals surface area contributed by atoms with Gasteiger partial charge in [0.1, 0.15) is 0 Å². The van der Waals surface area contributed by atoms with E-state index in [9.17, 15) is 4.79 Å². The summed E-state index contributed by atoms with van der Waals surface area (Å²) in [4.78, 5) is 19.9. The molecule has 1 aliphatic heterocycles. The smallest absolute Gasteiger partial charge is 0.309 e. The highest BCUT2D eigenvalue weighted by Crippen LogP contribution is 2.19. The number of rotatable bonds is 6. The van der Waals surface area contributed by atoms with Gasteiger partial charge in [0.15, 0.2) is 5.96 Å². The van der Waals surface area contributed by atoms with Gasteiger partial charge < -0.3 is 15.0 Å². The van der Waals surface area contributed by atoms with Crippen LogP contribution in [0.2, 0.25) is 0 Å². The molecule has 1 unspecified atom stereocenters. The van der Waals surface area contributed by atoms with Crippen molar-refractivity contribution >= 4 is 23.3 Å². The maximum Gasteiger partial charge on any atom is 0.309 e. The molecule has 1 fully saturated rings. The van der Waals surface area contributed by atoms with Crippen LogP contribution in [0.1, 0.15) is 31.6 Å². The molecule has 0 radical (unpaired) electrons. The molecule has 6 heteroatoms. The fourth-order valence-corrected chi connectivity index (χ4v) is 3.90. The molecular formula is C18H29N3O2S. The van der Waals surface area contributed by atoms with E-state index in [1.807, 2.05) is 25.3 Å². The van der Waals surface area contributed by atoms with E-state index in [-0.39, 0.29) is 11.9 Å². The van der Waals surface area contributed by atoms with Gasteiger partial charge in [-0.05, 0) is 43.6 Å². The van der Waals surface area contributed by atoms with Gasteiger partial charge >= 0.3 is 5.97 Å². The van der Waals surface area contributed by atoms with Crippen molar-refractivity contribution in [2.24, 2.45) is 16.8 Å². The normalized spacial score (nSPS) is 17.6. The van der Waals surface area contributed by atoms with Crippen LogP contribution in [-0.4, -0.2) is 50.1 Å². The Morgan fingerprint density at radius 2 is 2.25 bits per heavy atom. The molecule has 0 saturated carbocycles. The molecule has 1 aliphatic rings. The zero-order valence-corrected chi connectivity index (χ0v) is 15.8. The van der Waals surface area contributed by atoms with Crippen LogP contribution in [0.5, 0.6) is 0 Å². The highest BCUT2D eigenvalue weighted by Gasteiger charge is 2.27. The Bertz CT molecular complexity index is 522. The van der Waals surface area contributed by atoms with Gasteiger partial charge in [-0.2, -0.15) is 0 Å². The topological polar surface area (TPSA) is 53.9 Å². The van der Waals surface area contributed by atoms with Crippen molar-refractivity contribution in [2.75, 3.05) is 33.3 Å². The van der Waals surface area contributed by atoms with Crippen molar-refractivity contribution in [3.05, 3.63) is 22.4 Å². The molecule has 5 nitrogen and oxygen atoms in total. The first-order chi connectivity index (χ1) is 11.6. The van der Waals surface area contributed by atoms with Crippen LogP contribution >= 0.6 is 11.3 Å². The number of piperidine rings is 1. The maximum atomic E-state index is 11.8. The lowest BCUT2D eigenvalue weighted by molar-refractivity contribution is -0.149. The van der Waals surface area contributed by atoms with Crippen molar-refractivity contribution in [2.45, 2.75) is 33.1 Å². The summed E-state index contributed by atoms with van der Waals surface area (Å²) in [6.07, 6.45) is 2.77. The number of thiophene rings is 1. The molecule has 0 aliphatic carbocycles. The summed E-state index contributed by atoms with van der Waals surface area (Å²) < 4.78 is 5.13. The molecular weight excluding hydrogens is 322 g/mol. The van der Waals surface area contributed by atoms with Gasteiger partial charge in [-0.25, -0.2) is 0 Å². The first-order valence-corrected chi connectivity index (χ1v) is 9.66. The number of esters is 1. The van der Waals surface area contributed by atoms with Crippen LogP contribution in [0.3, 0.4) is 0 Å². The molecule has 0 bridgehead atoms. The number of guanidine groups is 1. The van der Waals surface area contributed by atoms with E-state index >= 15 is 0 Å². The fraction of sp³-hybridized carbons (Fsp3) is 0.667. The summed E-state index contributed by atoms with van der Waals surface area (Å²) >= 11 is 1.81. The number of hydrogen-bond donors (Lipinski definition) is 1. The van der Waals surface area contributed by atoms with Crippen molar-refractivity contribution in [3.63, 3.8) is 0 Å². The highest BCUT2D eigenvalue weighted by molar-refractivity contribution is 7.09. The average molecular weight is 352 g/mol. The quantitative estimate of drug-likeness (QED) is 0.486. The molecule has 0 aromatic carbocycles. The monoisotopic (exact) mass is 351 g/mol. The molecule has 1 saturated heterocycles. The molecule has 1 atom stereocenters. The average Bonchev–Trinajstić information content (AvgIpc) is 3.09. The maximum absolute atomic E-state index is 11.8. The standard InChI is InChI=1S/C18H29N3O2S/c1-4-23-17(22)15-7-9-21(10-8-15)18(19-3)20-13-14(2)12-16-6-5-11-24-16/h5-6,11,14-15H,4,7-10,12-13H2,1-3H3,(H,19,20). The van der Waals surface area contributed by atoms with Crippen LogP contribution in [0, 0.1) is 11.8 Å². The summed E-state index contributed by atoms with van der Waals surface area (Å²) in [7, 11) is 1.82. The Labute approximate surface area is 149 Å². The second-order valence-corrected chi connectivity index (χ2v) is 7.36. The minimum atomic E-state index is -0.0512. The third-order valence-corrected chi connectivity index (χ3v) is 5.26. The first-order valence-electron chi connectivity index (χ1n) is 8.78. The van der Waals surface area contributed by atoms with E-state index in [0.717, 1.165) is 44.9 Å². The van der Waals surface area contributed by atoms with Gasteiger partial charge in [0.2, 0.25) is 0 Å². The Balaban J connectivity index is 1.75. The number of hydrogen-bond acceptors (Lipinski definition) is 4. The van der Waals surface area contributed by atoms with Crippen molar-refractivity contribution < 1.29 is 9.53 Å². The van der Waals surface area contributed by atoms with Gasteiger partial charge in [0.05, 0.1) is 12.5 Å². The number of ether oxygens (including phenoxy) is 1. The molecule has 1 aromatic heterocycles. The molecule has 2 heterocycles. The second-order valence-electron chi connectivity index (χ2n) is 6.33. The van der Waals surface area contributed by atoms with Crippen molar-refractivity contribution in [1.29, 1.82) is 0 Å². The van der Waals surface area contributed by atoms with E-state index < -0.39 is 0 Å². The summed E-state index contributed by atoms with van der Waals surface area (Å²) in [6.45, 7) is 7.18.